The Morgan fingerprint density at radius 2 is 1.89 bits per heavy atom. The number of hydrogen-bond acceptors (Lipinski definition) is 4. The van der Waals surface area contributed by atoms with E-state index in [4.69, 9.17) is 0 Å². The van der Waals surface area contributed by atoms with Gasteiger partial charge in [-0.15, -0.1) is 5.10 Å². The lowest BCUT2D eigenvalue weighted by molar-refractivity contribution is 0.549. The smallest absolute Gasteiger partial charge is 0.0860 e. The minimum atomic E-state index is 0.0140. The molecule has 1 aromatic carbocycles. The van der Waals surface area contributed by atoms with Crippen LogP contribution in [0.5, 0.6) is 0 Å². The van der Waals surface area contributed by atoms with Gasteiger partial charge in [-0.1, -0.05) is 49.5 Å². The molecule has 0 saturated carbocycles. The highest BCUT2D eigenvalue weighted by Gasteiger charge is 2.27. The van der Waals surface area contributed by atoms with Gasteiger partial charge in [-0.2, -0.15) is 0 Å². The lowest BCUT2D eigenvalue weighted by Crippen LogP contribution is -2.23. The maximum Gasteiger partial charge on any atom is 0.0860 e. The summed E-state index contributed by atoms with van der Waals surface area (Å²) in [6.45, 7) is 8.68. The largest absolute Gasteiger partial charge is 0.309 e. The second-order valence-electron chi connectivity index (χ2n) is 5.81. The van der Waals surface area contributed by atoms with Gasteiger partial charge in [0.25, 0.3) is 0 Å². The first-order chi connectivity index (χ1) is 8.95. The Hall–Kier alpha value is -1.26. The minimum absolute atomic E-state index is 0.0140. The highest BCUT2D eigenvalue weighted by Crippen LogP contribution is 2.34. The number of nitrogens with zero attached hydrogens (tertiary/aromatic N) is 2. The maximum atomic E-state index is 4.34. The lowest BCUT2D eigenvalue weighted by atomic mass is 9.88. The Kier molecular flexibility index (Phi) is 4.02. The topological polar surface area (TPSA) is 37.8 Å². The number of benzene rings is 1. The molecular formula is C15H21N3S. The molecule has 1 unspecified atom stereocenters. The van der Waals surface area contributed by atoms with E-state index in [2.05, 4.69) is 66.9 Å². The zero-order valence-corrected chi connectivity index (χ0v) is 13.0. The van der Waals surface area contributed by atoms with Gasteiger partial charge in [-0.3, -0.25) is 0 Å². The molecule has 0 aliphatic carbocycles. The predicted molar refractivity (Wildman–Crippen MR) is 80.7 cm³/mol. The van der Waals surface area contributed by atoms with Crippen molar-refractivity contribution in [3.8, 4) is 0 Å². The zero-order valence-electron chi connectivity index (χ0n) is 12.2. The second kappa shape index (κ2) is 5.39. The third-order valence-corrected chi connectivity index (χ3v) is 4.06. The molecule has 2 rings (SSSR count). The van der Waals surface area contributed by atoms with E-state index in [1.54, 1.807) is 0 Å². The summed E-state index contributed by atoms with van der Waals surface area (Å²) in [6, 6.07) is 8.63. The molecule has 1 N–H and O–H groups in total. The summed E-state index contributed by atoms with van der Waals surface area (Å²) in [4.78, 5) is 1.21. The van der Waals surface area contributed by atoms with Crippen molar-refractivity contribution in [2.24, 2.45) is 0 Å². The molecule has 0 saturated heterocycles. The molecule has 1 heterocycles. The van der Waals surface area contributed by atoms with Crippen LogP contribution in [0, 0.1) is 6.92 Å². The van der Waals surface area contributed by atoms with E-state index in [0.717, 1.165) is 5.69 Å². The molecule has 0 bridgehead atoms. The van der Waals surface area contributed by atoms with E-state index in [1.807, 2.05) is 7.05 Å². The average Bonchev–Trinajstić information content (AvgIpc) is 2.81. The van der Waals surface area contributed by atoms with Crippen molar-refractivity contribution in [3.63, 3.8) is 0 Å². The van der Waals surface area contributed by atoms with E-state index in [1.165, 1.54) is 27.5 Å². The summed E-state index contributed by atoms with van der Waals surface area (Å²) in [7, 11) is 1.99. The van der Waals surface area contributed by atoms with Gasteiger partial charge in [0.05, 0.1) is 16.6 Å². The predicted octanol–water partition coefficient (Wildman–Crippen LogP) is 3.45. The maximum absolute atomic E-state index is 4.34. The Balaban J connectivity index is 2.50. The van der Waals surface area contributed by atoms with Crippen LogP contribution in [0.15, 0.2) is 24.3 Å². The van der Waals surface area contributed by atoms with Crippen LogP contribution in [0.25, 0.3) is 0 Å². The lowest BCUT2D eigenvalue weighted by Gasteiger charge is -2.22. The zero-order chi connectivity index (χ0) is 14.0. The van der Waals surface area contributed by atoms with E-state index in [-0.39, 0.29) is 11.5 Å². The highest BCUT2D eigenvalue weighted by molar-refractivity contribution is 7.05. The van der Waals surface area contributed by atoms with Gasteiger partial charge < -0.3 is 5.32 Å². The second-order valence-corrected chi connectivity index (χ2v) is 6.60. The summed E-state index contributed by atoms with van der Waals surface area (Å²) in [5.74, 6) is 0. The third kappa shape index (κ3) is 2.85. The van der Waals surface area contributed by atoms with Gasteiger partial charge in [0.2, 0.25) is 0 Å². The molecule has 3 nitrogen and oxygen atoms in total. The van der Waals surface area contributed by atoms with Crippen LogP contribution in [0.1, 0.15) is 48.5 Å². The van der Waals surface area contributed by atoms with Crippen molar-refractivity contribution in [2.45, 2.75) is 39.2 Å². The average molecular weight is 275 g/mol. The fourth-order valence-corrected chi connectivity index (χ4v) is 3.24. The Morgan fingerprint density at radius 3 is 2.47 bits per heavy atom. The monoisotopic (exact) mass is 275 g/mol. The van der Waals surface area contributed by atoms with Crippen LogP contribution < -0.4 is 5.32 Å². The van der Waals surface area contributed by atoms with Gasteiger partial charge in [-0.05, 0) is 36.6 Å². The van der Waals surface area contributed by atoms with E-state index in [9.17, 15) is 0 Å². The number of hydrogen-bond donors (Lipinski definition) is 1. The fourth-order valence-electron chi connectivity index (χ4n) is 2.25. The number of rotatable bonds is 3. The van der Waals surface area contributed by atoms with Crippen molar-refractivity contribution in [2.75, 3.05) is 7.05 Å². The van der Waals surface area contributed by atoms with Crippen LogP contribution in [-0.4, -0.2) is 16.6 Å². The third-order valence-electron chi connectivity index (χ3n) is 3.27. The van der Waals surface area contributed by atoms with Crippen molar-refractivity contribution < 1.29 is 0 Å². The Labute approximate surface area is 119 Å². The molecule has 1 aromatic heterocycles. The molecule has 0 fully saturated rings. The quantitative estimate of drug-likeness (QED) is 0.932. The minimum Gasteiger partial charge on any atom is -0.309 e. The van der Waals surface area contributed by atoms with Crippen molar-refractivity contribution >= 4 is 11.5 Å². The van der Waals surface area contributed by atoms with Crippen LogP contribution in [-0.2, 0) is 5.41 Å². The summed E-state index contributed by atoms with van der Waals surface area (Å²) >= 11 is 1.49. The molecule has 0 spiro atoms. The first kappa shape index (κ1) is 14.2. The SMILES string of the molecule is CNC(c1ccccc1C)c1snnc1C(C)(C)C. The van der Waals surface area contributed by atoms with Crippen molar-refractivity contribution in [3.05, 3.63) is 46.0 Å². The molecule has 0 amide bonds. The number of aryl methyl sites for hydroxylation is 1. The normalized spacial score (nSPS) is 13.5. The summed E-state index contributed by atoms with van der Waals surface area (Å²) in [5, 5.41) is 7.74. The highest BCUT2D eigenvalue weighted by atomic mass is 32.1. The van der Waals surface area contributed by atoms with Gasteiger partial charge in [0.1, 0.15) is 0 Å². The first-order valence-electron chi connectivity index (χ1n) is 6.50. The summed E-state index contributed by atoms with van der Waals surface area (Å²) < 4.78 is 4.16. The van der Waals surface area contributed by atoms with Gasteiger partial charge in [0, 0.05) is 5.41 Å². The van der Waals surface area contributed by atoms with Gasteiger partial charge in [-0.25, -0.2) is 0 Å². The summed E-state index contributed by atoms with van der Waals surface area (Å²) in [5.41, 5.74) is 3.68. The van der Waals surface area contributed by atoms with Crippen LogP contribution in [0.2, 0.25) is 0 Å². The van der Waals surface area contributed by atoms with Crippen molar-refractivity contribution in [1.82, 2.24) is 14.9 Å². The van der Waals surface area contributed by atoms with Crippen LogP contribution in [0.3, 0.4) is 0 Å². The first-order valence-corrected chi connectivity index (χ1v) is 7.28. The van der Waals surface area contributed by atoms with Gasteiger partial charge >= 0.3 is 0 Å². The van der Waals surface area contributed by atoms with Crippen molar-refractivity contribution in [1.29, 1.82) is 0 Å². The molecule has 19 heavy (non-hydrogen) atoms. The molecular weight excluding hydrogens is 254 g/mol. The van der Waals surface area contributed by atoms with Gasteiger partial charge in [0.15, 0.2) is 0 Å². The van der Waals surface area contributed by atoms with Crippen LogP contribution >= 0.6 is 11.5 Å². The standard InChI is InChI=1S/C15H21N3S/c1-10-8-6-7-9-11(10)12(16-5)13-14(15(2,3)4)17-18-19-13/h6-9,12,16H,1-5H3. The fraction of sp³-hybridized carbons (Fsp3) is 0.467. The molecule has 4 heteroatoms. The van der Waals surface area contributed by atoms with E-state index in [0.29, 0.717) is 0 Å². The molecule has 0 radical (unpaired) electrons. The molecule has 2 aromatic rings. The Bertz CT molecular complexity index is 555. The molecule has 0 aliphatic heterocycles. The Morgan fingerprint density at radius 1 is 1.21 bits per heavy atom. The number of aromatic nitrogens is 2. The van der Waals surface area contributed by atoms with E-state index < -0.39 is 0 Å². The summed E-state index contributed by atoms with van der Waals surface area (Å²) in [6.07, 6.45) is 0. The molecule has 1 atom stereocenters. The van der Waals surface area contributed by atoms with Crippen LogP contribution in [0.4, 0.5) is 0 Å². The molecule has 102 valence electrons. The number of nitrogens with one attached hydrogen (secondary N) is 1. The molecule has 0 aliphatic rings. The van der Waals surface area contributed by atoms with E-state index >= 15 is 0 Å².